The molecule has 0 saturated carbocycles. The maximum absolute atomic E-state index is 13.4. The lowest BCUT2D eigenvalue weighted by Crippen LogP contribution is -2.25. The maximum atomic E-state index is 13.4. The summed E-state index contributed by atoms with van der Waals surface area (Å²) < 4.78 is 1.58. The number of hydrogen-bond acceptors (Lipinski definition) is 5. The first-order chi connectivity index (χ1) is 17.4. The van der Waals surface area contributed by atoms with Crippen LogP contribution in [0.3, 0.4) is 0 Å². The Morgan fingerprint density at radius 3 is 2.42 bits per heavy atom. The second kappa shape index (κ2) is 11.7. The molecule has 0 aliphatic carbocycles. The molecule has 184 valence electrons. The van der Waals surface area contributed by atoms with Crippen LogP contribution in [-0.2, 0) is 11.3 Å². The lowest BCUT2D eigenvalue weighted by atomic mass is 10.1. The first-order valence-electron chi connectivity index (χ1n) is 11.8. The molecule has 0 fully saturated rings. The van der Waals surface area contributed by atoms with E-state index >= 15 is 0 Å². The molecule has 0 radical (unpaired) electrons. The summed E-state index contributed by atoms with van der Waals surface area (Å²) in [5.74, 6) is -0.195. The monoisotopic (exact) mass is 500 g/mol. The van der Waals surface area contributed by atoms with Crippen molar-refractivity contribution in [3.8, 4) is 0 Å². The van der Waals surface area contributed by atoms with Crippen LogP contribution in [0.2, 0.25) is 0 Å². The molecular formula is C28H28N4O3S. The van der Waals surface area contributed by atoms with Crippen LogP contribution in [0.15, 0.2) is 82.7 Å². The van der Waals surface area contributed by atoms with Crippen molar-refractivity contribution in [2.75, 3.05) is 17.6 Å². The zero-order chi connectivity index (χ0) is 25.5. The molecule has 8 heteroatoms. The third kappa shape index (κ3) is 6.20. The molecule has 0 aliphatic heterocycles. The predicted molar refractivity (Wildman–Crippen MR) is 145 cm³/mol. The number of amides is 2. The molecule has 0 atom stereocenters. The van der Waals surface area contributed by atoms with Gasteiger partial charge in [-0.15, -0.1) is 0 Å². The van der Waals surface area contributed by atoms with Gasteiger partial charge in [0.1, 0.15) is 0 Å². The van der Waals surface area contributed by atoms with E-state index in [1.54, 1.807) is 34.9 Å². The van der Waals surface area contributed by atoms with Gasteiger partial charge >= 0.3 is 0 Å². The van der Waals surface area contributed by atoms with Crippen LogP contribution in [0.1, 0.15) is 34.8 Å². The van der Waals surface area contributed by atoms with E-state index in [9.17, 15) is 14.4 Å². The molecule has 0 saturated heterocycles. The van der Waals surface area contributed by atoms with Crippen LogP contribution in [0.25, 0.3) is 10.9 Å². The van der Waals surface area contributed by atoms with Crippen LogP contribution >= 0.6 is 11.8 Å². The maximum Gasteiger partial charge on any atom is 0.262 e. The minimum Gasteiger partial charge on any atom is -0.352 e. The largest absolute Gasteiger partial charge is 0.352 e. The number of carbonyl (C=O) groups excluding carboxylic acids is 2. The van der Waals surface area contributed by atoms with Crippen LogP contribution in [0, 0.1) is 6.92 Å². The van der Waals surface area contributed by atoms with Gasteiger partial charge in [0.25, 0.3) is 11.5 Å². The molecule has 7 nitrogen and oxygen atoms in total. The van der Waals surface area contributed by atoms with Gasteiger partial charge in [-0.2, -0.15) is 0 Å². The van der Waals surface area contributed by atoms with Crippen LogP contribution in [0.4, 0.5) is 5.69 Å². The lowest BCUT2D eigenvalue weighted by molar-refractivity contribution is -0.113. The Labute approximate surface area is 214 Å². The van der Waals surface area contributed by atoms with Crippen molar-refractivity contribution in [3.63, 3.8) is 0 Å². The second-order valence-electron chi connectivity index (χ2n) is 8.46. The van der Waals surface area contributed by atoms with Crippen molar-refractivity contribution < 1.29 is 9.59 Å². The minimum atomic E-state index is -0.180. The van der Waals surface area contributed by atoms with Gasteiger partial charge < -0.3 is 10.6 Å². The highest BCUT2D eigenvalue weighted by Crippen LogP contribution is 2.20. The summed E-state index contributed by atoms with van der Waals surface area (Å²) in [4.78, 5) is 42.8. The number of nitrogens with zero attached hydrogens (tertiary/aromatic N) is 2. The zero-order valence-corrected chi connectivity index (χ0v) is 21.1. The summed E-state index contributed by atoms with van der Waals surface area (Å²) in [7, 11) is 0. The van der Waals surface area contributed by atoms with Crippen LogP contribution in [0.5, 0.6) is 0 Å². The van der Waals surface area contributed by atoms with Gasteiger partial charge in [0.15, 0.2) is 5.16 Å². The smallest absolute Gasteiger partial charge is 0.262 e. The molecule has 3 aromatic carbocycles. The first-order valence-corrected chi connectivity index (χ1v) is 12.8. The fourth-order valence-corrected chi connectivity index (χ4v) is 4.44. The topological polar surface area (TPSA) is 93.1 Å². The SMILES string of the molecule is CCCNC(=O)c1ccc(Cn2c(SCC(=O)Nc3ccc(C)cc3)nc3ccccc3c2=O)cc1. The van der Waals surface area contributed by atoms with Gasteiger partial charge in [0, 0.05) is 17.8 Å². The zero-order valence-electron chi connectivity index (χ0n) is 20.3. The van der Waals surface area contributed by atoms with E-state index in [0.29, 0.717) is 28.2 Å². The van der Waals surface area contributed by atoms with Gasteiger partial charge in [0.05, 0.1) is 23.2 Å². The molecule has 2 amide bonds. The first kappa shape index (κ1) is 25.2. The number of aryl methyl sites for hydroxylation is 1. The number of thioether (sulfide) groups is 1. The Morgan fingerprint density at radius 2 is 1.69 bits per heavy atom. The Kier molecular flexibility index (Phi) is 8.17. The molecule has 4 aromatic rings. The molecule has 1 aromatic heterocycles. The van der Waals surface area contributed by atoms with Crippen molar-refractivity contribution in [2.45, 2.75) is 32.0 Å². The Balaban J connectivity index is 1.56. The molecule has 0 unspecified atom stereocenters. The highest BCUT2D eigenvalue weighted by molar-refractivity contribution is 7.99. The predicted octanol–water partition coefficient (Wildman–Crippen LogP) is 4.62. The van der Waals surface area contributed by atoms with E-state index in [2.05, 4.69) is 15.6 Å². The molecule has 36 heavy (non-hydrogen) atoms. The molecule has 2 N–H and O–H groups in total. The van der Waals surface area contributed by atoms with Crippen molar-refractivity contribution in [2.24, 2.45) is 0 Å². The number of fused-ring (bicyclic) bond motifs is 1. The average molecular weight is 501 g/mol. The third-order valence-corrected chi connectivity index (χ3v) is 6.56. The van der Waals surface area contributed by atoms with E-state index in [1.165, 1.54) is 11.8 Å². The normalized spacial score (nSPS) is 10.8. The standard InChI is InChI=1S/C28H28N4O3S/c1-3-16-29-26(34)21-12-10-20(11-13-21)17-32-27(35)23-6-4-5-7-24(23)31-28(32)36-18-25(33)30-22-14-8-19(2)9-15-22/h4-15H,3,16-18H2,1-2H3,(H,29,34)(H,30,33). The van der Waals surface area contributed by atoms with E-state index in [1.807, 2.05) is 56.3 Å². The Morgan fingerprint density at radius 1 is 0.972 bits per heavy atom. The number of aromatic nitrogens is 2. The summed E-state index contributed by atoms with van der Waals surface area (Å²) in [5, 5.41) is 6.71. The molecule has 4 rings (SSSR count). The van der Waals surface area contributed by atoms with Gasteiger partial charge in [-0.05, 0) is 55.3 Å². The number of nitrogens with one attached hydrogen (secondary N) is 2. The minimum absolute atomic E-state index is 0.106. The molecule has 1 heterocycles. The van der Waals surface area contributed by atoms with E-state index in [0.717, 1.165) is 23.2 Å². The molecular weight excluding hydrogens is 472 g/mol. The molecule has 0 spiro atoms. The summed E-state index contributed by atoms with van der Waals surface area (Å²) in [6, 6.07) is 21.9. The van der Waals surface area contributed by atoms with E-state index in [4.69, 9.17) is 0 Å². The number of anilines is 1. The highest BCUT2D eigenvalue weighted by atomic mass is 32.2. The van der Waals surface area contributed by atoms with Gasteiger partial charge in [-0.3, -0.25) is 19.0 Å². The van der Waals surface area contributed by atoms with Crippen LogP contribution in [-0.4, -0.2) is 33.7 Å². The number of benzene rings is 3. The fourth-order valence-electron chi connectivity index (χ4n) is 3.65. The molecule has 0 aliphatic rings. The van der Waals surface area contributed by atoms with E-state index < -0.39 is 0 Å². The van der Waals surface area contributed by atoms with Crippen molar-refractivity contribution in [1.82, 2.24) is 14.9 Å². The van der Waals surface area contributed by atoms with E-state index in [-0.39, 0.29) is 29.7 Å². The second-order valence-corrected chi connectivity index (χ2v) is 9.40. The van der Waals surface area contributed by atoms with Gasteiger partial charge in [0.2, 0.25) is 5.91 Å². The number of carbonyl (C=O) groups is 2. The van der Waals surface area contributed by atoms with Crippen molar-refractivity contribution >= 4 is 40.2 Å². The number of hydrogen-bond donors (Lipinski definition) is 2. The fraction of sp³-hybridized carbons (Fsp3) is 0.214. The Bertz CT molecular complexity index is 1430. The Hall–Kier alpha value is -3.91. The number of para-hydroxylation sites is 1. The quantitative estimate of drug-likeness (QED) is 0.258. The average Bonchev–Trinajstić information content (AvgIpc) is 2.89. The summed E-state index contributed by atoms with van der Waals surface area (Å²) in [5.41, 5.74) is 3.67. The molecule has 0 bridgehead atoms. The number of rotatable bonds is 9. The highest BCUT2D eigenvalue weighted by Gasteiger charge is 2.14. The van der Waals surface area contributed by atoms with Crippen molar-refractivity contribution in [3.05, 3.63) is 99.8 Å². The van der Waals surface area contributed by atoms with Gasteiger partial charge in [-0.1, -0.05) is 60.6 Å². The van der Waals surface area contributed by atoms with Crippen molar-refractivity contribution in [1.29, 1.82) is 0 Å². The summed E-state index contributed by atoms with van der Waals surface area (Å²) in [6.07, 6.45) is 0.866. The lowest BCUT2D eigenvalue weighted by Gasteiger charge is -2.14. The summed E-state index contributed by atoms with van der Waals surface area (Å²) >= 11 is 1.22. The third-order valence-electron chi connectivity index (χ3n) is 5.59. The van der Waals surface area contributed by atoms with Gasteiger partial charge in [-0.25, -0.2) is 4.98 Å². The van der Waals surface area contributed by atoms with Crippen LogP contribution < -0.4 is 16.2 Å². The summed E-state index contributed by atoms with van der Waals surface area (Å²) in [6.45, 7) is 4.88.